The molecule has 27 heavy (non-hydrogen) atoms. The van der Waals surface area contributed by atoms with Crippen molar-refractivity contribution in [3.63, 3.8) is 0 Å². The lowest BCUT2D eigenvalue weighted by Crippen LogP contribution is -2.37. The number of carbonyl (C=O) groups excluding carboxylic acids is 1. The van der Waals surface area contributed by atoms with Gasteiger partial charge < -0.3 is 10.1 Å². The van der Waals surface area contributed by atoms with E-state index in [1.54, 1.807) is 0 Å². The zero-order chi connectivity index (χ0) is 19.3. The quantitative estimate of drug-likeness (QED) is 0.724. The summed E-state index contributed by atoms with van der Waals surface area (Å²) in [6, 6.07) is 4.61. The van der Waals surface area contributed by atoms with E-state index < -0.39 is 10.0 Å². The molecule has 6 nitrogen and oxygen atoms in total. The monoisotopic (exact) mass is 414 g/mol. The first-order valence-corrected chi connectivity index (χ1v) is 11.5. The van der Waals surface area contributed by atoms with Gasteiger partial charge >= 0.3 is 0 Å². The second-order valence-electron chi connectivity index (χ2n) is 7.25. The molecular formula is C19H27ClN2O4S. The van der Waals surface area contributed by atoms with Crippen LogP contribution in [-0.2, 0) is 14.8 Å². The third-order valence-electron chi connectivity index (χ3n) is 5.19. The number of halogens is 1. The van der Waals surface area contributed by atoms with E-state index in [4.69, 9.17) is 16.3 Å². The molecule has 0 radical (unpaired) electrons. The van der Waals surface area contributed by atoms with E-state index >= 15 is 0 Å². The number of hydrogen-bond donors (Lipinski definition) is 1. The Balaban J connectivity index is 1.57. The number of ether oxygens (including phenoxy) is 1. The van der Waals surface area contributed by atoms with E-state index in [-0.39, 0.29) is 28.5 Å². The fourth-order valence-corrected chi connectivity index (χ4v) is 5.52. The van der Waals surface area contributed by atoms with Crippen LogP contribution in [0.25, 0.3) is 0 Å². The van der Waals surface area contributed by atoms with Crippen molar-refractivity contribution in [2.75, 3.05) is 19.7 Å². The minimum atomic E-state index is -3.52. The summed E-state index contributed by atoms with van der Waals surface area (Å²) >= 11 is 6.20. The highest BCUT2D eigenvalue weighted by molar-refractivity contribution is 7.89. The van der Waals surface area contributed by atoms with Crippen molar-refractivity contribution in [2.45, 2.75) is 62.3 Å². The number of amides is 1. The minimum Gasteiger partial charge on any atom is -0.482 e. The summed E-state index contributed by atoms with van der Waals surface area (Å²) in [6.45, 7) is 0.952. The van der Waals surface area contributed by atoms with Crippen LogP contribution >= 0.6 is 11.6 Å². The van der Waals surface area contributed by atoms with Gasteiger partial charge in [0.1, 0.15) is 5.75 Å². The summed E-state index contributed by atoms with van der Waals surface area (Å²) < 4.78 is 32.1. The van der Waals surface area contributed by atoms with Crippen LogP contribution in [-0.4, -0.2) is 44.4 Å². The highest BCUT2D eigenvalue weighted by atomic mass is 35.5. The zero-order valence-electron chi connectivity index (χ0n) is 15.5. The number of benzene rings is 1. The summed E-state index contributed by atoms with van der Waals surface area (Å²) in [4.78, 5) is 12.3. The van der Waals surface area contributed by atoms with Crippen molar-refractivity contribution in [1.29, 1.82) is 0 Å². The predicted octanol–water partition coefficient (Wildman–Crippen LogP) is 3.34. The van der Waals surface area contributed by atoms with Gasteiger partial charge in [0.25, 0.3) is 5.91 Å². The van der Waals surface area contributed by atoms with Gasteiger partial charge in [-0.25, -0.2) is 8.42 Å². The molecule has 150 valence electrons. The minimum absolute atomic E-state index is 0.131. The smallest absolute Gasteiger partial charge is 0.258 e. The molecule has 1 saturated heterocycles. The lowest BCUT2D eigenvalue weighted by Gasteiger charge is -2.17. The summed E-state index contributed by atoms with van der Waals surface area (Å²) in [5.74, 6) is 0.139. The predicted molar refractivity (Wildman–Crippen MR) is 105 cm³/mol. The van der Waals surface area contributed by atoms with Crippen LogP contribution in [0.3, 0.4) is 0 Å². The first-order valence-electron chi connectivity index (χ1n) is 9.69. The van der Waals surface area contributed by atoms with Crippen molar-refractivity contribution < 1.29 is 17.9 Å². The van der Waals surface area contributed by atoms with Gasteiger partial charge in [-0.2, -0.15) is 4.31 Å². The van der Waals surface area contributed by atoms with E-state index in [2.05, 4.69) is 5.32 Å². The first kappa shape index (κ1) is 20.4. The summed E-state index contributed by atoms with van der Waals surface area (Å²) in [5.41, 5.74) is 0. The molecule has 1 heterocycles. The highest BCUT2D eigenvalue weighted by Crippen LogP contribution is 2.30. The topological polar surface area (TPSA) is 75.7 Å². The van der Waals surface area contributed by atoms with E-state index in [0.717, 1.165) is 38.5 Å². The maximum atomic E-state index is 12.6. The summed E-state index contributed by atoms with van der Waals surface area (Å²) in [5, 5.41) is 3.20. The fraction of sp³-hybridized carbons (Fsp3) is 0.632. The lowest BCUT2D eigenvalue weighted by atomic mass is 10.1. The molecule has 0 bridgehead atoms. The Hall–Kier alpha value is -1.31. The van der Waals surface area contributed by atoms with Crippen molar-refractivity contribution >= 4 is 27.5 Å². The molecule has 0 spiro atoms. The molecule has 1 aromatic carbocycles. The molecule has 0 atom stereocenters. The van der Waals surface area contributed by atoms with Gasteiger partial charge in [-0.3, -0.25) is 4.79 Å². The number of nitrogens with one attached hydrogen (secondary N) is 1. The Morgan fingerprint density at radius 2 is 1.78 bits per heavy atom. The van der Waals surface area contributed by atoms with Crippen LogP contribution in [0.4, 0.5) is 0 Å². The number of sulfonamides is 1. The standard InChI is InChI=1S/C19H27ClN2O4S/c20-17-13-16(27(24,25)22-11-5-6-12-22)9-10-18(17)26-14-19(23)21-15-7-3-1-2-4-8-15/h9-10,13,15H,1-8,11-12,14H2,(H,21,23). The van der Waals surface area contributed by atoms with E-state index in [0.29, 0.717) is 18.8 Å². The molecular weight excluding hydrogens is 388 g/mol. The zero-order valence-corrected chi connectivity index (χ0v) is 17.0. The molecule has 1 amide bonds. The van der Waals surface area contributed by atoms with E-state index in [1.165, 1.54) is 35.3 Å². The second kappa shape index (κ2) is 9.26. The van der Waals surface area contributed by atoms with E-state index in [1.807, 2.05) is 0 Å². The largest absolute Gasteiger partial charge is 0.482 e. The maximum Gasteiger partial charge on any atom is 0.258 e. The van der Waals surface area contributed by atoms with Crippen LogP contribution < -0.4 is 10.1 Å². The molecule has 0 aromatic heterocycles. The average Bonchev–Trinajstić information content (AvgIpc) is 3.08. The van der Waals surface area contributed by atoms with Gasteiger partial charge in [0, 0.05) is 19.1 Å². The Bertz CT molecular complexity index is 755. The molecule has 1 N–H and O–H groups in total. The van der Waals surface area contributed by atoms with Crippen LogP contribution in [0.15, 0.2) is 23.1 Å². The van der Waals surface area contributed by atoms with Gasteiger partial charge in [-0.1, -0.05) is 37.3 Å². The molecule has 1 aromatic rings. The molecule has 0 unspecified atom stereocenters. The van der Waals surface area contributed by atoms with Gasteiger partial charge in [-0.05, 0) is 43.9 Å². The van der Waals surface area contributed by atoms with Crippen LogP contribution in [0.1, 0.15) is 51.4 Å². The van der Waals surface area contributed by atoms with E-state index in [9.17, 15) is 13.2 Å². The highest BCUT2D eigenvalue weighted by Gasteiger charge is 2.27. The first-order chi connectivity index (χ1) is 13.0. The SMILES string of the molecule is O=C(COc1ccc(S(=O)(=O)N2CCCC2)cc1Cl)NC1CCCCCC1. The third-order valence-corrected chi connectivity index (χ3v) is 7.38. The molecule has 3 rings (SSSR count). The summed E-state index contributed by atoms with van der Waals surface area (Å²) in [6.07, 6.45) is 8.52. The fourth-order valence-electron chi connectivity index (χ4n) is 3.67. The second-order valence-corrected chi connectivity index (χ2v) is 9.59. The normalized spacial score (nSPS) is 19.6. The van der Waals surface area contributed by atoms with Gasteiger partial charge in [0.15, 0.2) is 6.61 Å². The third kappa shape index (κ3) is 5.36. The van der Waals surface area contributed by atoms with Crippen LogP contribution in [0, 0.1) is 0 Å². The van der Waals surface area contributed by atoms with Crippen LogP contribution in [0.2, 0.25) is 5.02 Å². The molecule has 1 aliphatic heterocycles. The number of hydrogen-bond acceptors (Lipinski definition) is 4. The number of nitrogens with zero attached hydrogens (tertiary/aromatic N) is 1. The molecule has 1 saturated carbocycles. The Morgan fingerprint density at radius 1 is 1.11 bits per heavy atom. The van der Waals surface area contributed by atoms with Crippen LogP contribution in [0.5, 0.6) is 5.75 Å². The number of carbonyl (C=O) groups is 1. The molecule has 2 aliphatic rings. The molecule has 8 heteroatoms. The Morgan fingerprint density at radius 3 is 2.41 bits per heavy atom. The van der Waals surface area contributed by atoms with Crippen molar-refractivity contribution in [3.05, 3.63) is 23.2 Å². The Kier molecular flexibility index (Phi) is 7.00. The molecule has 2 fully saturated rings. The summed E-state index contributed by atoms with van der Waals surface area (Å²) in [7, 11) is -3.52. The maximum absolute atomic E-state index is 12.6. The van der Waals surface area contributed by atoms with Crippen molar-refractivity contribution in [3.8, 4) is 5.75 Å². The van der Waals surface area contributed by atoms with Gasteiger partial charge in [-0.15, -0.1) is 0 Å². The number of rotatable bonds is 6. The average molecular weight is 415 g/mol. The lowest BCUT2D eigenvalue weighted by molar-refractivity contribution is -0.123. The van der Waals surface area contributed by atoms with Crippen molar-refractivity contribution in [1.82, 2.24) is 9.62 Å². The van der Waals surface area contributed by atoms with Gasteiger partial charge in [0.05, 0.1) is 9.92 Å². The molecule has 1 aliphatic carbocycles. The van der Waals surface area contributed by atoms with Crippen molar-refractivity contribution in [2.24, 2.45) is 0 Å². The van der Waals surface area contributed by atoms with Gasteiger partial charge in [0.2, 0.25) is 10.0 Å². The Labute approximate surface area is 166 Å².